The second kappa shape index (κ2) is 5.38. The van der Waals surface area contributed by atoms with Gasteiger partial charge in [-0.25, -0.2) is 0 Å². The van der Waals surface area contributed by atoms with Crippen molar-refractivity contribution in [3.8, 4) is 0 Å². The number of alkyl halides is 2. The van der Waals surface area contributed by atoms with Gasteiger partial charge >= 0.3 is 11.9 Å². The summed E-state index contributed by atoms with van der Waals surface area (Å²) in [5, 5.41) is 10.2. The molecule has 0 aromatic heterocycles. The van der Waals surface area contributed by atoms with Crippen LogP contribution < -0.4 is 5.32 Å². The number of carbonyl (C=O) groups excluding carboxylic acids is 1. The highest BCUT2D eigenvalue weighted by molar-refractivity contribution is 5.85. The van der Waals surface area contributed by atoms with Crippen molar-refractivity contribution in [1.29, 1.82) is 0 Å². The van der Waals surface area contributed by atoms with Crippen molar-refractivity contribution in [3.63, 3.8) is 0 Å². The molecule has 0 atom stereocenters. The van der Waals surface area contributed by atoms with Gasteiger partial charge in [0.25, 0.3) is 5.91 Å². The number of aliphatic carboxylic acids is 1. The number of carbonyl (C=O) groups is 2. The molecule has 0 aliphatic heterocycles. The van der Waals surface area contributed by atoms with Crippen LogP contribution in [0.3, 0.4) is 0 Å². The van der Waals surface area contributed by atoms with Gasteiger partial charge in [-0.2, -0.15) is 8.78 Å². The van der Waals surface area contributed by atoms with Crippen LogP contribution in [0.2, 0.25) is 0 Å². The maximum Gasteiger partial charge on any atom is 0.349 e. The number of carboxylic acids is 1. The van der Waals surface area contributed by atoms with E-state index in [0.717, 1.165) is 12.1 Å². The number of hydrogen-bond acceptors (Lipinski definition) is 2. The molecule has 1 amide bonds. The summed E-state index contributed by atoms with van der Waals surface area (Å²) in [6, 6.07) is 6.62. The molecule has 0 heterocycles. The molecular formula is C11H11F2NO3. The third-order valence-corrected chi connectivity index (χ3v) is 2.05. The molecule has 2 N–H and O–H groups in total. The minimum atomic E-state index is -3.65. The first-order valence-corrected chi connectivity index (χ1v) is 4.88. The number of amides is 1. The first kappa shape index (κ1) is 13.1. The predicted molar refractivity (Wildman–Crippen MR) is 55.6 cm³/mol. The van der Waals surface area contributed by atoms with E-state index in [1.165, 1.54) is 12.1 Å². The SMILES string of the molecule is O=C(O)CCNC(=O)C(F)(F)c1ccccc1. The Bertz CT molecular complexity index is 406. The minimum Gasteiger partial charge on any atom is -0.481 e. The normalized spacial score (nSPS) is 10.9. The van der Waals surface area contributed by atoms with Crippen molar-refractivity contribution in [3.05, 3.63) is 35.9 Å². The molecule has 92 valence electrons. The van der Waals surface area contributed by atoms with Gasteiger partial charge in [0, 0.05) is 12.1 Å². The predicted octanol–water partition coefficient (Wildman–Crippen LogP) is 1.37. The zero-order valence-corrected chi connectivity index (χ0v) is 8.82. The molecule has 17 heavy (non-hydrogen) atoms. The summed E-state index contributed by atoms with van der Waals surface area (Å²) in [7, 11) is 0. The smallest absolute Gasteiger partial charge is 0.349 e. The summed E-state index contributed by atoms with van der Waals surface area (Å²) in [6.07, 6.45) is -0.392. The molecule has 1 aromatic carbocycles. The zero-order valence-electron chi connectivity index (χ0n) is 8.82. The quantitative estimate of drug-likeness (QED) is 0.820. The van der Waals surface area contributed by atoms with E-state index in [2.05, 4.69) is 0 Å². The Labute approximate surface area is 96.3 Å². The van der Waals surface area contributed by atoms with Gasteiger partial charge in [-0.05, 0) is 0 Å². The lowest BCUT2D eigenvalue weighted by molar-refractivity contribution is -0.147. The Morgan fingerprint density at radius 1 is 1.24 bits per heavy atom. The summed E-state index contributed by atoms with van der Waals surface area (Å²) >= 11 is 0. The molecule has 1 aromatic rings. The van der Waals surface area contributed by atoms with Crippen molar-refractivity contribution in [1.82, 2.24) is 5.32 Å². The van der Waals surface area contributed by atoms with Gasteiger partial charge in [0.1, 0.15) is 0 Å². The fourth-order valence-electron chi connectivity index (χ4n) is 1.17. The summed E-state index contributed by atoms with van der Waals surface area (Å²) < 4.78 is 27.0. The lowest BCUT2D eigenvalue weighted by Crippen LogP contribution is -2.39. The maximum absolute atomic E-state index is 13.5. The third kappa shape index (κ3) is 3.51. The van der Waals surface area contributed by atoms with E-state index in [4.69, 9.17) is 5.11 Å². The summed E-state index contributed by atoms with van der Waals surface area (Å²) in [5.41, 5.74) is -0.423. The van der Waals surface area contributed by atoms with Crippen LogP contribution in [0, 0.1) is 0 Å². The first-order chi connectivity index (χ1) is 7.94. The van der Waals surface area contributed by atoms with Crippen molar-refractivity contribution < 1.29 is 23.5 Å². The number of carboxylic acid groups (broad SMARTS) is 1. The van der Waals surface area contributed by atoms with Gasteiger partial charge in [-0.15, -0.1) is 0 Å². The molecule has 0 saturated heterocycles. The molecule has 4 nitrogen and oxygen atoms in total. The standard InChI is InChI=1S/C11H11F2NO3/c12-11(13,8-4-2-1-3-5-8)10(17)14-7-6-9(15)16/h1-5H,6-7H2,(H,14,17)(H,15,16). The van der Waals surface area contributed by atoms with E-state index in [9.17, 15) is 18.4 Å². The van der Waals surface area contributed by atoms with Crippen LogP contribution in [0.5, 0.6) is 0 Å². The highest BCUT2D eigenvalue weighted by Gasteiger charge is 2.40. The van der Waals surface area contributed by atoms with E-state index in [-0.39, 0.29) is 6.54 Å². The summed E-state index contributed by atoms with van der Waals surface area (Å²) in [5.74, 6) is -6.31. The van der Waals surface area contributed by atoms with Gasteiger partial charge in [-0.3, -0.25) is 9.59 Å². The van der Waals surface area contributed by atoms with Crippen LogP contribution in [0.1, 0.15) is 12.0 Å². The van der Waals surface area contributed by atoms with Crippen molar-refractivity contribution in [2.75, 3.05) is 6.54 Å². The zero-order chi connectivity index (χ0) is 12.9. The van der Waals surface area contributed by atoms with Gasteiger partial charge in [-0.1, -0.05) is 30.3 Å². The van der Waals surface area contributed by atoms with Gasteiger partial charge < -0.3 is 10.4 Å². The number of halogens is 2. The Morgan fingerprint density at radius 2 is 1.82 bits per heavy atom. The van der Waals surface area contributed by atoms with Crippen LogP contribution in [-0.4, -0.2) is 23.5 Å². The van der Waals surface area contributed by atoms with E-state index in [0.29, 0.717) is 0 Å². The maximum atomic E-state index is 13.5. The van der Waals surface area contributed by atoms with Crippen LogP contribution in [0.25, 0.3) is 0 Å². The van der Waals surface area contributed by atoms with Crippen LogP contribution in [-0.2, 0) is 15.5 Å². The molecule has 0 spiro atoms. The van der Waals surface area contributed by atoms with E-state index >= 15 is 0 Å². The van der Waals surface area contributed by atoms with Crippen LogP contribution in [0.4, 0.5) is 8.78 Å². The Hall–Kier alpha value is -1.98. The van der Waals surface area contributed by atoms with Crippen molar-refractivity contribution in [2.45, 2.75) is 12.3 Å². The highest BCUT2D eigenvalue weighted by Crippen LogP contribution is 2.27. The van der Waals surface area contributed by atoms with E-state index < -0.39 is 29.8 Å². The Morgan fingerprint density at radius 3 is 2.35 bits per heavy atom. The van der Waals surface area contributed by atoms with Crippen molar-refractivity contribution in [2.24, 2.45) is 0 Å². The van der Waals surface area contributed by atoms with E-state index in [1.54, 1.807) is 6.07 Å². The highest BCUT2D eigenvalue weighted by atomic mass is 19.3. The molecule has 6 heteroatoms. The van der Waals surface area contributed by atoms with Crippen molar-refractivity contribution >= 4 is 11.9 Å². The Kier molecular flexibility index (Phi) is 4.14. The first-order valence-electron chi connectivity index (χ1n) is 4.88. The molecular weight excluding hydrogens is 232 g/mol. The summed E-state index contributed by atoms with van der Waals surface area (Å²) in [4.78, 5) is 21.4. The fraction of sp³-hybridized carbons (Fsp3) is 0.273. The van der Waals surface area contributed by atoms with Gasteiger partial charge in [0.05, 0.1) is 6.42 Å². The number of hydrogen-bond donors (Lipinski definition) is 2. The Balaban J connectivity index is 2.64. The average molecular weight is 243 g/mol. The molecule has 0 saturated carbocycles. The minimum absolute atomic E-state index is 0.323. The van der Waals surface area contributed by atoms with Gasteiger partial charge in [0.2, 0.25) is 0 Å². The second-order valence-corrected chi connectivity index (χ2v) is 3.34. The lowest BCUT2D eigenvalue weighted by Gasteiger charge is -2.15. The third-order valence-electron chi connectivity index (χ3n) is 2.05. The molecule has 0 unspecified atom stereocenters. The lowest BCUT2D eigenvalue weighted by atomic mass is 10.1. The molecule has 0 bridgehead atoms. The number of rotatable bonds is 5. The molecule has 0 aliphatic carbocycles. The van der Waals surface area contributed by atoms with Crippen LogP contribution >= 0.6 is 0 Å². The topological polar surface area (TPSA) is 66.4 Å². The molecule has 0 fully saturated rings. The average Bonchev–Trinajstić information content (AvgIpc) is 2.29. The molecule has 0 aliphatic rings. The van der Waals surface area contributed by atoms with Gasteiger partial charge in [0.15, 0.2) is 0 Å². The van der Waals surface area contributed by atoms with Crippen LogP contribution in [0.15, 0.2) is 30.3 Å². The molecule has 1 rings (SSSR count). The summed E-state index contributed by atoms with van der Waals surface area (Å²) in [6.45, 7) is -0.323. The monoisotopic (exact) mass is 243 g/mol. The van der Waals surface area contributed by atoms with E-state index in [1.807, 2.05) is 5.32 Å². The largest absolute Gasteiger partial charge is 0.481 e. The fourth-order valence-corrected chi connectivity index (χ4v) is 1.17. The number of benzene rings is 1. The number of nitrogens with one attached hydrogen (secondary N) is 1. The molecule has 0 radical (unpaired) electrons. The second-order valence-electron chi connectivity index (χ2n) is 3.34.